The van der Waals surface area contributed by atoms with Gasteiger partial charge in [-0.1, -0.05) is 23.9 Å². The molecule has 2 heterocycles. The molecule has 2 aromatic carbocycles. The minimum Gasteiger partial charge on any atom is -0.494 e. The summed E-state index contributed by atoms with van der Waals surface area (Å²) in [4.78, 5) is 20.6. The zero-order valence-corrected chi connectivity index (χ0v) is 19.8. The summed E-state index contributed by atoms with van der Waals surface area (Å²) in [6, 6.07) is 13.8. The quantitative estimate of drug-likeness (QED) is 0.185. The molecule has 1 aliphatic carbocycles. The van der Waals surface area contributed by atoms with Gasteiger partial charge in [0.25, 0.3) is 5.56 Å². The van der Waals surface area contributed by atoms with Gasteiger partial charge in [-0.25, -0.2) is 9.37 Å². The molecular weight excluding hydrogens is 459 g/mol. The van der Waals surface area contributed by atoms with Crippen molar-refractivity contribution in [3.8, 4) is 17.2 Å². The van der Waals surface area contributed by atoms with E-state index in [-0.39, 0.29) is 17.1 Å². The highest BCUT2D eigenvalue weighted by Crippen LogP contribution is 2.36. The predicted octanol–water partition coefficient (Wildman–Crippen LogP) is 5.64. The molecule has 33 heavy (non-hydrogen) atoms. The third-order valence-corrected chi connectivity index (χ3v) is 7.61. The standard InChI is InChI=1S/C25H23FN2O3S2/c1-2-30-17-12-10-16(11-13-17)28-24(29)22-18-6-5-9-21(18)33-23(22)27-25(28)32-15-14-31-20-8-4-3-7-19(20)26/h3-4,7-8,10-13H,2,5-6,9,14-15H2,1H3. The van der Waals surface area contributed by atoms with Gasteiger partial charge in [0.05, 0.1) is 24.3 Å². The average Bonchev–Trinajstić information content (AvgIpc) is 3.40. The van der Waals surface area contributed by atoms with Crippen LogP contribution in [0.15, 0.2) is 58.5 Å². The zero-order chi connectivity index (χ0) is 22.8. The lowest BCUT2D eigenvalue weighted by Crippen LogP contribution is -2.22. The van der Waals surface area contributed by atoms with Gasteiger partial charge in [-0.2, -0.15) is 0 Å². The van der Waals surface area contributed by atoms with Gasteiger partial charge >= 0.3 is 0 Å². The molecule has 8 heteroatoms. The van der Waals surface area contributed by atoms with E-state index in [0.717, 1.165) is 46.5 Å². The van der Waals surface area contributed by atoms with Crippen molar-refractivity contribution in [2.75, 3.05) is 19.0 Å². The molecule has 5 nitrogen and oxygen atoms in total. The molecule has 2 aromatic heterocycles. The molecule has 5 rings (SSSR count). The van der Waals surface area contributed by atoms with Gasteiger partial charge in [0.1, 0.15) is 10.6 Å². The number of ether oxygens (including phenoxy) is 2. The fourth-order valence-corrected chi connectivity index (χ4v) is 6.19. The van der Waals surface area contributed by atoms with Crippen molar-refractivity contribution >= 4 is 33.3 Å². The molecule has 170 valence electrons. The van der Waals surface area contributed by atoms with Crippen molar-refractivity contribution < 1.29 is 13.9 Å². The third-order valence-electron chi connectivity index (χ3n) is 5.52. The van der Waals surface area contributed by atoms with E-state index in [1.807, 2.05) is 31.2 Å². The highest BCUT2D eigenvalue weighted by atomic mass is 32.2. The van der Waals surface area contributed by atoms with Crippen LogP contribution in [0.4, 0.5) is 4.39 Å². The first kappa shape index (κ1) is 22.0. The lowest BCUT2D eigenvalue weighted by atomic mass is 10.2. The molecule has 4 aromatic rings. The Kier molecular flexibility index (Phi) is 6.37. The smallest absolute Gasteiger partial charge is 0.267 e. The first-order chi connectivity index (χ1) is 16.2. The first-order valence-electron chi connectivity index (χ1n) is 11.0. The molecule has 0 spiro atoms. The summed E-state index contributed by atoms with van der Waals surface area (Å²) in [6.07, 6.45) is 3.03. The normalized spacial score (nSPS) is 12.8. The maximum Gasteiger partial charge on any atom is 0.267 e. The molecule has 0 radical (unpaired) electrons. The summed E-state index contributed by atoms with van der Waals surface area (Å²) in [5.41, 5.74) is 1.86. The number of para-hydroxylation sites is 1. The van der Waals surface area contributed by atoms with Crippen LogP contribution in [0.2, 0.25) is 0 Å². The lowest BCUT2D eigenvalue weighted by molar-refractivity contribution is 0.325. The lowest BCUT2D eigenvalue weighted by Gasteiger charge is -2.13. The Morgan fingerprint density at radius 3 is 2.73 bits per heavy atom. The van der Waals surface area contributed by atoms with E-state index in [0.29, 0.717) is 24.1 Å². The number of hydrogen-bond acceptors (Lipinski definition) is 6. The van der Waals surface area contributed by atoms with Gasteiger partial charge in [-0.3, -0.25) is 9.36 Å². The van der Waals surface area contributed by atoms with Crippen LogP contribution < -0.4 is 15.0 Å². The number of thioether (sulfide) groups is 1. The van der Waals surface area contributed by atoms with Gasteiger partial charge < -0.3 is 9.47 Å². The molecule has 0 unspecified atom stereocenters. The van der Waals surface area contributed by atoms with Crippen molar-refractivity contribution in [1.82, 2.24) is 9.55 Å². The summed E-state index contributed by atoms with van der Waals surface area (Å²) in [5, 5.41) is 1.35. The molecule has 0 fully saturated rings. The maximum atomic E-state index is 13.8. The summed E-state index contributed by atoms with van der Waals surface area (Å²) < 4.78 is 26.6. The summed E-state index contributed by atoms with van der Waals surface area (Å²) >= 11 is 3.06. The van der Waals surface area contributed by atoms with Crippen molar-refractivity contribution in [1.29, 1.82) is 0 Å². The van der Waals surface area contributed by atoms with Crippen molar-refractivity contribution in [3.63, 3.8) is 0 Å². The Morgan fingerprint density at radius 1 is 1.12 bits per heavy atom. The van der Waals surface area contributed by atoms with E-state index in [9.17, 15) is 9.18 Å². The minimum absolute atomic E-state index is 0.0407. The van der Waals surface area contributed by atoms with Crippen molar-refractivity contribution in [2.24, 2.45) is 0 Å². The SMILES string of the molecule is CCOc1ccc(-n2c(SCCOc3ccccc3F)nc3sc4c(c3c2=O)CCC4)cc1. The van der Waals surface area contributed by atoms with Gasteiger partial charge in [0.15, 0.2) is 16.7 Å². The molecule has 0 atom stereocenters. The molecule has 0 N–H and O–H groups in total. The summed E-state index contributed by atoms with van der Waals surface area (Å²) in [5.74, 6) is 1.11. The Morgan fingerprint density at radius 2 is 1.94 bits per heavy atom. The fourth-order valence-electron chi connectivity index (χ4n) is 4.05. The second-order valence-electron chi connectivity index (χ2n) is 7.63. The van der Waals surface area contributed by atoms with Gasteiger partial charge in [0.2, 0.25) is 0 Å². The van der Waals surface area contributed by atoms with Crippen LogP contribution in [-0.2, 0) is 12.8 Å². The molecule has 0 saturated heterocycles. The molecule has 1 aliphatic rings. The summed E-state index contributed by atoms with van der Waals surface area (Å²) in [7, 11) is 0. The Labute approximate surface area is 199 Å². The topological polar surface area (TPSA) is 53.4 Å². The number of aromatic nitrogens is 2. The van der Waals surface area contributed by atoms with Gasteiger partial charge in [-0.05, 0) is 68.1 Å². The Hall–Kier alpha value is -2.84. The number of benzene rings is 2. The van der Waals surface area contributed by atoms with E-state index >= 15 is 0 Å². The largest absolute Gasteiger partial charge is 0.494 e. The number of halogens is 1. The van der Waals surface area contributed by atoms with Crippen LogP contribution in [0.3, 0.4) is 0 Å². The Bertz CT molecular complexity index is 1350. The predicted molar refractivity (Wildman–Crippen MR) is 131 cm³/mol. The summed E-state index contributed by atoms with van der Waals surface area (Å²) in [6.45, 7) is 2.81. The number of fused-ring (bicyclic) bond motifs is 3. The Balaban J connectivity index is 1.47. The van der Waals surface area contributed by atoms with E-state index in [1.165, 1.54) is 22.7 Å². The van der Waals surface area contributed by atoms with Crippen LogP contribution in [0, 0.1) is 5.82 Å². The number of aryl methyl sites for hydroxylation is 2. The average molecular weight is 483 g/mol. The molecule has 0 saturated carbocycles. The number of hydrogen-bond donors (Lipinski definition) is 0. The van der Waals surface area contributed by atoms with Crippen LogP contribution >= 0.6 is 23.1 Å². The third kappa shape index (κ3) is 4.37. The van der Waals surface area contributed by atoms with Gasteiger partial charge in [0, 0.05) is 10.6 Å². The number of thiophene rings is 1. The van der Waals surface area contributed by atoms with Gasteiger partial charge in [-0.15, -0.1) is 11.3 Å². The minimum atomic E-state index is -0.388. The van der Waals surface area contributed by atoms with Crippen molar-refractivity contribution in [2.45, 2.75) is 31.3 Å². The van der Waals surface area contributed by atoms with E-state index in [2.05, 4.69) is 0 Å². The zero-order valence-electron chi connectivity index (χ0n) is 18.2. The van der Waals surface area contributed by atoms with Crippen LogP contribution in [0.25, 0.3) is 15.9 Å². The second-order valence-corrected chi connectivity index (χ2v) is 9.77. The molecule has 0 aliphatic heterocycles. The maximum absolute atomic E-state index is 13.8. The van der Waals surface area contributed by atoms with Crippen LogP contribution in [0.5, 0.6) is 11.5 Å². The molecule has 0 amide bonds. The monoisotopic (exact) mass is 482 g/mol. The van der Waals surface area contributed by atoms with Crippen LogP contribution in [-0.4, -0.2) is 28.5 Å². The van der Waals surface area contributed by atoms with E-state index in [4.69, 9.17) is 14.5 Å². The highest BCUT2D eigenvalue weighted by molar-refractivity contribution is 7.99. The van der Waals surface area contributed by atoms with E-state index in [1.54, 1.807) is 34.1 Å². The highest BCUT2D eigenvalue weighted by Gasteiger charge is 2.24. The second kappa shape index (κ2) is 9.57. The molecular formula is C25H23FN2O3S2. The number of rotatable bonds is 8. The molecule has 0 bridgehead atoms. The fraction of sp³-hybridized carbons (Fsp3) is 0.280. The van der Waals surface area contributed by atoms with E-state index < -0.39 is 0 Å². The number of nitrogens with zero attached hydrogens (tertiary/aromatic N) is 2. The van der Waals surface area contributed by atoms with Crippen LogP contribution in [0.1, 0.15) is 23.8 Å². The van der Waals surface area contributed by atoms with Crippen molar-refractivity contribution in [3.05, 3.63) is 75.1 Å². The first-order valence-corrected chi connectivity index (χ1v) is 12.8.